The number of rotatable bonds is 7. The third-order valence-electron chi connectivity index (χ3n) is 2.36. The summed E-state index contributed by atoms with van der Waals surface area (Å²) < 4.78 is 6.40. The van der Waals surface area contributed by atoms with E-state index in [1.54, 1.807) is 0 Å². The van der Waals surface area contributed by atoms with Crippen LogP contribution in [0.4, 0.5) is 0 Å². The third kappa shape index (κ3) is 6.02. The van der Waals surface area contributed by atoms with Crippen molar-refractivity contribution in [3.63, 3.8) is 0 Å². The van der Waals surface area contributed by atoms with Gasteiger partial charge in [0, 0.05) is 17.1 Å². The first kappa shape index (κ1) is 15.0. The minimum atomic E-state index is -0.0639. The van der Waals surface area contributed by atoms with Crippen molar-refractivity contribution < 1.29 is 14.6 Å². The van der Waals surface area contributed by atoms with E-state index in [4.69, 9.17) is 9.84 Å². The molecule has 0 saturated carbocycles. The lowest BCUT2D eigenvalue weighted by atomic mass is 10.2. The fourth-order valence-corrected chi connectivity index (χ4v) is 1.81. The molecule has 18 heavy (non-hydrogen) atoms. The molecule has 0 aromatic heterocycles. The second-order valence-electron chi connectivity index (χ2n) is 4.04. The molecule has 4 nitrogen and oxygen atoms in total. The molecule has 0 fully saturated rings. The van der Waals surface area contributed by atoms with E-state index in [2.05, 4.69) is 21.2 Å². The Morgan fingerprint density at radius 3 is 3.00 bits per heavy atom. The Labute approximate surface area is 115 Å². The van der Waals surface area contributed by atoms with Gasteiger partial charge in [0.1, 0.15) is 5.75 Å². The number of halogens is 1. The zero-order valence-corrected chi connectivity index (χ0v) is 11.9. The number of aliphatic hydroxyl groups is 1. The minimum absolute atomic E-state index is 0.00614. The molecule has 100 valence electrons. The van der Waals surface area contributed by atoms with Gasteiger partial charge >= 0.3 is 0 Å². The van der Waals surface area contributed by atoms with Crippen LogP contribution < -0.4 is 10.1 Å². The lowest BCUT2D eigenvalue weighted by Gasteiger charge is -2.12. The number of nitrogens with one attached hydrogen (secondary N) is 1. The lowest BCUT2D eigenvalue weighted by Crippen LogP contribution is -2.33. The lowest BCUT2D eigenvalue weighted by molar-refractivity contribution is -0.122. The molecule has 0 spiro atoms. The number of benzene rings is 1. The summed E-state index contributed by atoms with van der Waals surface area (Å²) >= 11 is 3.35. The van der Waals surface area contributed by atoms with Gasteiger partial charge in [-0.25, -0.2) is 0 Å². The molecule has 0 bridgehead atoms. The average molecular weight is 316 g/mol. The van der Waals surface area contributed by atoms with E-state index in [-0.39, 0.29) is 18.6 Å². The van der Waals surface area contributed by atoms with E-state index < -0.39 is 0 Å². The molecule has 1 aromatic carbocycles. The van der Waals surface area contributed by atoms with Gasteiger partial charge in [-0.3, -0.25) is 4.79 Å². The van der Waals surface area contributed by atoms with E-state index in [1.807, 2.05) is 31.2 Å². The van der Waals surface area contributed by atoms with Gasteiger partial charge in [-0.15, -0.1) is 0 Å². The predicted octanol–water partition coefficient (Wildman–Crippen LogP) is 2.11. The Bertz CT molecular complexity index is 384. The first-order valence-electron chi connectivity index (χ1n) is 5.90. The third-order valence-corrected chi connectivity index (χ3v) is 2.86. The van der Waals surface area contributed by atoms with Crippen LogP contribution in [0.15, 0.2) is 28.7 Å². The molecular weight excluding hydrogens is 298 g/mol. The normalized spacial score (nSPS) is 11.9. The van der Waals surface area contributed by atoms with Crippen molar-refractivity contribution in [2.45, 2.75) is 25.8 Å². The Hall–Kier alpha value is -1.07. The topological polar surface area (TPSA) is 58.6 Å². The molecule has 1 amide bonds. The van der Waals surface area contributed by atoms with Crippen LogP contribution in [-0.2, 0) is 4.79 Å². The number of aliphatic hydroxyl groups excluding tert-OH is 1. The van der Waals surface area contributed by atoms with Gasteiger partial charge in [-0.2, -0.15) is 0 Å². The van der Waals surface area contributed by atoms with Crippen LogP contribution in [-0.4, -0.2) is 30.3 Å². The maximum Gasteiger partial charge on any atom is 0.223 e. The fourth-order valence-electron chi connectivity index (χ4n) is 1.43. The highest BCUT2D eigenvalue weighted by Crippen LogP contribution is 2.17. The SMILES string of the molecule is CC(CCO)NC(=O)CCOc1cccc(Br)c1. The van der Waals surface area contributed by atoms with Crippen molar-refractivity contribution >= 4 is 21.8 Å². The number of ether oxygens (including phenoxy) is 1. The van der Waals surface area contributed by atoms with Crippen LogP contribution in [0.25, 0.3) is 0 Å². The maximum atomic E-state index is 11.5. The van der Waals surface area contributed by atoms with Crippen molar-refractivity contribution in [2.24, 2.45) is 0 Å². The van der Waals surface area contributed by atoms with Gasteiger partial charge in [0.15, 0.2) is 0 Å². The summed E-state index contributed by atoms with van der Waals surface area (Å²) in [7, 11) is 0. The Balaban J connectivity index is 2.23. The molecule has 0 aliphatic carbocycles. The van der Waals surface area contributed by atoms with Crippen molar-refractivity contribution in [1.82, 2.24) is 5.32 Å². The zero-order chi connectivity index (χ0) is 13.4. The van der Waals surface area contributed by atoms with E-state index in [0.717, 1.165) is 10.2 Å². The number of amides is 1. The summed E-state index contributed by atoms with van der Waals surface area (Å²) in [5.74, 6) is 0.673. The van der Waals surface area contributed by atoms with E-state index in [1.165, 1.54) is 0 Å². The molecule has 1 atom stereocenters. The fraction of sp³-hybridized carbons (Fsp3) is 0.462. The highest BCUT2D eigenvalue weighted by Gasteiger charge is 2.06. The summed E-state index contributed by atoms with van der Waals surface area (Å²) in [6.07, 6.45) is 0.876. The van der Waals surface area contributed by atoms with Gasteiger partial charge in [0.05, 0.1) is 13.0 Å². The molecule has 0 saturated heterocycles. The van der Waals surface area contributed by atoms with Gasteiger partial charge in [-0.1, -0.05) is 22.0 Å². The van der Waals surface area contributed by atoms with Gasteiger partial charge in [0.25, 0.3) is 0 Å². The molecule has 0 aliphatic rings. The van der Waals surface area contributed by atoms with E-state index in [9.17, 15) is 4.79 Å². The van der Waals surface area contributed by atoms with E-state index in [0.29, 0.717) is 19.4 Å². The standard InChI is InChI=1S/C13H18BrNO3/c1-10(5-7-16)15-13(17)6-8-18-12-4-2-3-11(14)9-12/h2-4,9-10,16H,5-8H2,1H3,(H,15,17). The summed E-state index contributed by atoms with van der Waals surface area (Å²) in [5.41, 5.74) is 0. The molecular formula is C13H18BrNO3. The molecule has 0 heterocycles. The van der Waals surface area contributed by atoms with Gasteiger partial charge in [-0.05, 0) is 31.5 Å². The van der Waals surface area contributed by atoms with Crippen LogP contribution in [0, 0.1) is 0 Å². The first-order chi connectivity index (χ1) is 8.61. The van der Waals surface area contributed by atoms with Crippen LogP contribution in [0.3, 0.4) is 0 Å². The van der Waals surface area contributed by atoms with Gasteiger partial charge < -0.3 is 15.2 Å². The predicted molar refractivity (Wildman–Crippen MR) is 73.6 cm³/mol. The van der Waals surface area contributed by atoms with Gasteiger partial charge in [0.2, 0.25) is 5.91 Å². The average Bonchev–Trinajstić information content (AvgIpc) is 2.29. The zero-order valence-electron chi connectivity index (χ0n) is 10.4. The number of carbonyl (C=O) groups excluding carboxylic acids is 1. The molecule has 1 aromatic rings. The van der Waals surface area contributed by atoms with Crippen LogP contribution in [0.5, 0.6) is 5.75 Å². The number of carbonyl (C=O) groups is 1. The van der Waals surface area contributed by atoms with Crippen molar-refractivity contribution in [2.75, 3.05) is 13.2 Å². The van der Waals surface area contributed by atoms with Crippen molar-refractivity contribution in [3.05, 3.63) is 28.7 Å². The largest absolute Gasteiger partial charge is 0.493 e. The van der Waals surface area contributed by atoms with Crippen LogP contribution >= 0.6 is 15.9 Å². The quantitative estimate of drug-likeness (QED) is 0.810. The molecule has 1 rings (SSSR count). The van der Waals surface area contributed by atoms with Crippen LogP contribution in [0.1, 0.15) is 19.8 Å². The minimum Gasteiger partial charge on any atom is -0.493 e. The number of hydrogen-bond donors (Lipinski definition) is 2. The van der Waals surface area contributed by atoms with Crippen LogP contribution in [0.2, 0.25) is 0 Å². The monoisotopic (exact) mass is 315 g/mol. The van der Waals surface area contributed by atoms with Crippen molar-refractivity contribution in [3.8, 4) is 5.75 Å². The second kappa shape index (κ2) is 8.11. The molecule has 5 heteroatoms. The Kier molecular flexibility index (Phi) is 6.75. The number of hydrogen-bond acceptors (Lipinski definition) is 3. The molecule has 1 unspecified atom stereocenters. The molecule has 0 radical (unpaired) electrons. The summed E-state index contributed by atoms with van der Waals surface area (Å²) in [4.78, 5) is 11.5. The Morgan fingerprint density at radius 1 is 1.56 bits per heavy atom. The summed E-state index contributed by atoms with van der Waals surface area (Å²) in [6.45, 7) is 2.29. The highest BCUT2D eigenvalue weighted by molar-refractivity contribution is 9.10. The molecule has 2 N–H and O–H groups in total. The summed E-state index contributed by atoms with van der Waals surface area (Å²) in [6, 6.07) is 7.48. The highest BCUT2D eigenvalue weighted by atomic mass is 79.9. The first-order valence-corrected chi connectivity index (χ1v) is 6.69. The summed E-state index contributed by atoms with van der Waals surface area (Å²) in [5, 5.41) is 11.5. The maximum absolute atomic E-state index is 11.5. The van der Waals surface area contributed by atoms with Crippen molar-refractivity contribution in [1.29, 1.82) is 0 Å². The molecule has 0 aliphatic heterocycles. The second-order valence-corrected chi connectivity index (χ2v) is 4.95. The Morgan fingerprint density at radius 2 is 2.33 bits per heavy atom. The smallest absolute Gasteiger partial charge is 0.223 e. The van der Waals surface area contributed by atoms with E-state index >= 15 is 0 Å².